The van der Waals surface area contributed by atoms with E-state index in [1.165, 1.54) is 20.3 Å². The number of hydrogen-bond acceptors (Lipinski definition) is 7. The third-order valence-corrected chi connectivity index (χ3v) is 3.05. The van der Waals surface area contributed by atoms with Crippen LogP contribution in [0.3, 0.4) is 0 Å². The van der Waals surface area contributed by atoms with Gasteiger partial charge in [-0.3, -0.25) is 10.1 Å². The number of carbonyl (C=O) groups excluding carboxylic acids is 3. The summed E-state index contributed by atoms with van der Waals surface area (Å²) in [6, 6.07) is 4.09. The Kier molecular flexibility index (Phi) is 8.93. The molecule has 144 valence electrons. The van der Waals surface area contributed by atoms with Crippen LogP contribution in [0.25, 0.3) is 0 Å². The molecule has 0 fully saturated rings. The Morgan fingerprint density at radius 1 is 1.15 bits per heavy atom. The van der Waals surface area contributed by atoms with Crippen LogP contribution in [-0.2, 0) is 14.3 Å². The Morgan fingerprint density at radius 3 is 2.50 bits per heavy atom. The normalized spacial score (nSPS) is 10.2. The number of carbonyl (C=O) groups is 3. The lowest BCUT2D eigenvalue weighted by Gasteiger charge is -2.16. The summed E-state index contributed by atoms with van der Waals surface area (Å²) in [6.45, 7) is 4.16. The third kappa shape index (κ3) is 7.39. The topological polar surface area (TPSA) is 115 Å². The fraction of sp³-hybridized carbons (Fsp3) is 0.471. The molecule has 0 aliphatic carbocycles. The van der Waals surface area contributed by atoms with Crippen molar-refractivity contribution in [3.8, 4) is 5.75 Å². The molecule has 0 aliphatic heterocycles. The maximum Gasteiger partial charge on any atom is 0.337 e. The van der Waals surface area contributed by atoms with Gasteiger partial charge in [0.05, 0.1) is 37.6 Å². The summed E-state index contributed by atoms with van der Waals surface area (Å²) in [4.78, 5) is 35.1. The van der Waals surface area contributed by atoms with Crippen molar-refractivity contribution in [3.63, 3.8) is 0 Å². The maximum absolute atomic E-state index is 11.9. The van der Waals surface area contributed by atoms with Crippen LogP contribution >= 0.6 is 0 Å². The molecular formula is C17H25N3O6. The van der Waals surface area contributed by atoms with E-state index in [9.17, 15) is 14.4 Å². The molecule has 0 aliphatic rings. The summed E-state index contributed by atoms with van der Waals surface area (Å²) >= 11 is 0. The van der Waals surface area contributed by atoms with Gasteiger partial charge in [0.1, 0.15) is 5.75 Å². The van der Waals surface area contributed by atoms with Crippen LogP contribution < -0.4 is 20.7 Å². The minimum atomic E-state index is -0.615. The van der Waals surface area contributed by atoms with E-state index in [-0.39, 0.29) is 19.2 Å². The molecule has 0 atom stereocenters. The van der Waals surface area contributed by atoms with E-state index < -0.39 is 17.9 Å². The number of amides is 3. The number of esters is 1. The minimum absolute atomic E-state index is 0.0973. The van der Waals surface area contributed by atoms with Crippen LogP contribution in [0, 0.1) is 0 Å². The van der Waals surface area contributed by atoms with Crippen molar-refractivity contribution in [1.82, 2.24) is 10.6 Å². The number of urea groups is 1. The second kappa shape index (κ2) is 10.9. The second-order valence-corrected chi connectivity index (χ2v) is 5.52. The molecule has 0 heterocycles. The van der Waals surface area contributed by atoms with Crippen LogP contribution in [0.2, 0.25) is 0 Å². The second-order valence-electron chi connectivity index (χ2n) is 5.52. The lowest BCUT2D eigenvalue weighted by Crippen LogP contribution is -2.43. The van der Waals surface area contributed by atoms with Gasteiger partial charge in [0.25, 0.3) is 0 Å². The van der Waals surface area contributed by atoms with Crippen molar-refractivity contribution in [2.45, 2.75) is 20.0 Å². The largest absolute Gasteiger partial charge is 0.489 e. The highest BCUT2D eigenvalue weighted by atomic mass is 16.5. The van der Waals surface area contributed by atoms with Gasteiger partial charge in [0.15, 0.2) is 0 Å². The van der Waals surface area contributed by atoms with Crippen molar-refractivity contribution < 1.29 is 28.6 Å². The molecule has 9 nitrogen and oxygen atoms in total. The molecule has 0 unspecified atom stereocenters. The molecule has 0 aromatic heterocycles. The van der Waals surface area contributed by atoms with E-state index in [0.29, 0.717) is 23.6 Å². The van der Waals surface area contributed by atoms with E-state index in [1.807, 2.05) is 13.8 Å². The highest BCUT2D eigenvalue weighted by molar-refractivity contribution is 5.96. The Balaban J connectivity index is 2.72. The van der Waals surface area contributed by atoms with Gasteiger partial charge in [0, 0.05) is 13.7 Å². The van der Waals surface area contributed by atoms with Gasteiger partial charge >= 0.3 is 12.0 Å². The average Bonchev–Trinajstić information content (AvgIpc) is 2.59. The van der Waals surface area contributed by atoms with Crippen molar-refractivity contribution in [3.05, 3.63) is 23.8 Å². The van der Waals surface area contributed by atoms with Crippen LogP contribution in [0.15, 0.2) is 18.2 Å². The Morgan fingerprint density at radius 2 is 1.88 bits per heavy atom. The number of hydrogen-bond donors (Lipinski definition) is 3. The monoisotopic (exact) mass is 367 g/mol. The maximum atomic E-state index is 11.9. The summed E-state index contributed by atoms with van der Waals surface area (Å²) in [5.41, 5.74) is 0.750. The van der Waals surface area contributed by atoms with Crippen molar-refractivity contribution in [1.29, 1.82) is 0 Å². The molecule has 9 heteroatoms. The van der Waals surface area contributed by atoms with E-state index in [0.717, 1.165) is 0 Å². The van der Waals surface area contributed by atoms with Crippen molar-refractivity contribution in [2.24, 2.45) is 0 Å². The average molecular weight is 367 g/mol. The van der Waals surface area contributed by atoms with E-state index >= 15 is 0 Å². The molecule has 1 aromatic carbocycles. The molecular weight excluding hydrogens is 342 g/mol. The Hall–Kier alpha value is -2.81. The van der Waals surface area contributed by atoms with Gasteiger partial charge in [-0.15, -0.1) is 0 Å². The number of benzene rings is 1. The highest BCUT2D eigenvalue weighted by Crippen LogP contribution is 2.27. The lowest BCUT2D eigenvalue weighted by molar-refractivity contribution is -0.118. The van der Waals surface area contributed by atoms with Gasteiger partial charge < -0.3 is 24.8 Å². The summed E-state index contributed by atoms with van der Waals surface area (Å²) in [6.07, 6.45) is -0.0973. The molecule has 0 saturated heterocycles. The standard InChI is InChI=1S/C17H25N3O6/c1-11(2)26-14-6-5-12(16(22)25-4)9-13(14)19-10-15(21)20-17(23)18-7-8-24-3/h5-6,9,11,19H,7-8,10H2,1-4H3,(H2,18,20,21,23). The van der Waals surface area contributed by atoms with Crippen LogP contribution in [0.5, 0.6) is 5.75 Å². The molecule has 3 N–H and O–H groups in total. The minimum Gasteiger partial charge on any atom is -0.489 e. The number of nitrogens with one attached hydrogen (secondary N) is 3. The quantitative estimate of drug-likeness (QED) is 0.443. The van der Waals surface area contributed by atoms with E-state index in [2.05, 4.69) is 20.7 Å². The number of anilines is 1. The Labute approximate surface area is 152 Å². The third-order valence-electron chi connectivity index (χ3n) is 3.05. The molecule has 0 saturated carbocycles. The fourth-order valence-corrected chi connectivity index (χ4v) is 1.93. The molecule has 3 amide bonds. The summed E-state index contributed by atoms with van der Waals surface area (Å²) < 4.78 is 15.1. The van der Waals surface area contributed by atoms with Gasteiger partial charge in [-0.2, -0.15) is 0 Å². The fourth-order valence-electron chi connectivity index (χ4n) is 1.93. The number of imide groups is 1. The predicted molar refractivity (Wildman–Crippen MR) is 95.5 cm³/mol. The number of methoxy groups -OCH3 is 2. The summed E-state index contributed by atoms with van der Waals surface area (Å²) in [5, 5.41) is 7.51. The zero-order valence-corrected chi connectivity index (χ0v) is 15.4. The van der Waals surface area contributed by atoms with Crippen LogP contribution in [-0.4, -0.2) is 57.9 Å². The summed E-state index contributed by atoms with van der Waals surface area (Å²) in [5.74, 6) is -0.574. The van der Waals surface area contributed by atoms with E-state index in [4.69, 9.17) is 9.47 Å². The Bertz CT molecular complexity index is 633. The van der Waals surface area contributed by atoms with E-state index in [1.54, 1.807) is 12.1 Å². The van der Waals surface area contributed by atoms with Crippen molar-refractivity contribution >= 4 is 23.6 Å². The number of rotatable bonds is 9. The van der Waals surface area contributed by atoms with Crippen LogP contribution in [0.4, 0.5) is 10.5 Å². The zero-order valence-electron chi connectivity index (χ0n) is 15.4. The zero-order chi connectivity index (χ0) is 19.5. The first-order valence-corrected chi connectivity index (χ1v) is 8.06. The molecule has 0 radical (unpaired) electrons. The summed E-state index contributed by atoms with van der Waals surface area (Å²) in [7, 11) is 2.79. The van der Waals surface area contributed by atoms with Gasteiger partial charge in [-0.1, -0.05) is 0 Å². The molecule has 1 rings (SSSR count). The SMILES string of the molecule is COCCNC(=O)NC(=O)CNc1cc(C(=O)OC)ccc1OC(C)C. The van der Waals surface area contributed by atoms with Gasteiger partial charge in [-0.05, 0) is 32.0 Å². The smallest absolute Gasteiger partial charge is 0.337 e. The molecule has 26 heavy (non-hydrogen) atoms. The van der Waals surface area contributed by atoms with Gasteiger partial charge in [-0.25, -0.2) is 9.59 Å². The predicted octanol–water partition coefficient (Wildman–Crippen LogP) is 1.14. The van der Waals surface area contributed by atoms with Crippen molar-refractivity contribution in [2.75, 3.05) is 39.2 Å². The van der Waals surface area contributed by atoms with Gasteiger partial charge in [0.2, 0.25) is 5.91 Å². The first-order chi connectivity index (χ1) is 12.4. The van der Waals surface area contributed by atoms with Crippen LogP contribution in [0.1, 0.15) is 24.2 Å². The molecule has 0 bridgehead atoms. The highest BCUT2D eigenvalue weighted by Gasteiger charge is 2.13. The number of ether oxygens (including phenoxy) is 3. The first kappa shape index (κ1) is 21.2. The molecule has 1 aromatic rings. The first-order valence-electron chi connectivity index (χ1n) is 8.06. The lowest BCUT2D eigenvalue weighted by atomic mass is 10.2. The molecule has 0 spiro atoms.